The molecule has 5 nitrogen and oxygen atoms in total. The maximum atomic E-state index is 10.2. The standard InChI is InChI=1S/C13H18N4O/c1-3-4-13(18)8-16(9-13)12-11-7-10(2)15-17(11)6-5-14-12/h5-7,18H,3-4,8-9H2,1-2H3. The summed E-state index contributed by atoms with van der Waals surface area (Å²) in [6, 6.07) is 2.03. The molecule has 96 valence electrons. The van der Waals surface area contributed by atoms with Gasteiger partial charge in [-0.15, -0.1) is 0 Å². The highest BCUT2D eigenvalue weighted by atomic mass is 16.3. The maximum Gasteiger partial charge on any atom is 0.154 e. The van der Waals surface area contributed by atoms with E-state index in [0.717, 1.165) is 29.9 Å². The zero-order valence-electron chi connectivity index (χ0n) is 10.8. The van der Waals surface area contributed by atoms with Crippen LogP contribution < -0.4 is 4.90 Å². The predicted octanol–water partition coefficient (Wildman–Crippen LogP) is 1.39. The van der Waals surface area contributed by atoms with Crippen LogP contribution in [0.25, 0.3) is 5.52 Å². The molecule has 3 rings (SSSR count). The molecular weight excluding hydrogens is 228 g/mol. The molecule has 0 atom stereocenters. The molecule has 0 spiro atoms. The van der Waals surface area contributed by atoms with Gasteiger partial charge in [0.2, 0.25) is 0 Å². The Morgan fingerprint density at radius 2 is 2.22 bits per heavy atom. The third-order valence-electron chi connectivity index (χ3n) is 3.48. The number of rotatable bonds is 3. The molecule has 0 bridgehead atoms. The monoisotopic (exact) mass is 246 g/mol. The summed E-state index contributed by atoms with van der Waals surface area (Å²) >= 11 is 0. The third kappa shape index (κ3) is 1.75. The Morgan fingerprint density at radius 3 is 2.94 bits per heavy atom. The van der Waals surface area contributed by atoms with Gasteiger partial charge in [-0.2, -0.15) is 5.10 Å². The van der Waals surface area contributed by atoms with Crippen molar-refractivity contribution in [2.45, 2.75) is 32.3 Å². The van der Waals surface area contributed by atoms with E-state index < -0.39 is 5.60 Å². The lowest BCUT2D eigenvalue weighted by molar-refractivity contribution is 0.00308. The van der Waals surface area contributed by atoms with Gasteiger partial charge in [-0.05, 0) is 19.4 Å². The van der Waals surface area contributed by atoms with E-state index in [-0.39, 0.29) is 0 Å². The van der Waals surface area contributed by atoms with Crippen molar-refractivity contribution in [2.75, 3.05) is 18.0 Å². The SMILES string of the molecule is CCCC1(O)CN(c2nccn3nc(C)cc23)C1. The first kappa shape index (κ1) is 11.5. The smallest absolute Gasteiger partial charge is 0.154 e. The molecule has 1 fully saturated rings. The van der Waals surface area contributed by atoms with Gasteiger partial charge in [0.25, 0.3) is 0 Å². The lowest BCUT2D eigenvalue weighted by Crippen LogP contribution is -2.62. The minimum atomic E-state index is -0.529. The molecule has 1 aliphatic heterocycles. The van der Waals surface area contributed by atoms with Gasteiger partial charge in [0.1, 0.15) is 5.52 Å². The molecule has 0 radical (unpaired) electrons. The number of hydrogen-bond donors (Lipinski definition) is 1. The van der Waals surface area contributed by atoms with Crippen molar-refractivity contribution in [2.24, 2.45) is 0 Å². The van der Waals surface area contributed by atoms with Gasteiger partial charge < -0.3 is 10.0 Å². The van der Waals surface area contributed by atoms with Crippen LogP contribution in [0, 0.1) is 6.92 Å². The average Bonchev–Trinajstić information content (AvgIpc) is 2.66. The number of anilines is 1. The van der Waals surface area contributed by atoms with Gasteiger partial charge in [0.05, 0.1) is 24.4 Å². The molecule has 0 saturated carbocycles. The largest absolute Gasteiger partial charge is 0.386 e. The number of β-amino-alcohol motifs (C(OH)–C–C–N with tert-alkyl or cyclic N) is 1. The van der Waals surface area contributed by atoms with Crippen LogP contribution in [-0.2, 0) is 0 Å². The number of aliphatic hydroxyl groups is 1. The second-order valence-corrected chi connectivity index (χ2v) is 5.20. The Kier molecular flexibility index (Phi) is 2.52. The van der Waals surface area contributed by atoms with Crippen molar-refractivity contribution >= 4 is 11.3 Å². The summed E-state index contributed by atoms with van der Waals surface area (Å²) in [5, 5.41) is 14.6. The minimum absolute atomic E-state index is 0.529. The lowest BCUT2D eigenvalue weighted by atomic mass is 9.89. The topological polar surface area (TPSA) is 53.7 Å². The summed E-state index contributed by atoms with van der Waals surface area (Å²) in [5.74, 6) is 0.916. The number of nitrogens with zero attached hydrogens (tertiary/aromatic N) is 4. The Balaban J connectivity index is 1.88. The second-order valence-electron chi connectivity index (χ2n) is 5.20. The van der Waals surface area contributed by atoms with Crippen molar-refractivity contribution in [1.29, 1.82) is 0 Å². The fraction of sp³-hybridized carbons (Fsp3) is 0.538. The number of hydrogen-bond acceptors (Lipinski definition) is 4. The molecule has 0 amide bonds. The first-order valence-corrected chi connectivity index (χ1v) is 6.40. The van der Waals surface area contributed by atoms with Crippen molar-refractivity contribution in [3.05, 3.63) is 24.2 Å². The van der Waals surface area contributed by atoms with Crippen molar-refractivity contribution in [3.8, 4) is 0 Å². The molecule has 3 heterocycles. The van der Waals surface area contributed by atoms with Crippen molar-refractivity contribution in [3.63, 3.8) is 0 Å². The molecule has 1 saturated heterocycles. The van der Waals surface area contributed by atoms with E-state index in [1.54, 1.807) is 6.20 Å². The highest BCUT2D eigenvalue weighted by Gasteiger charge is 2.41. The summed E-state index contributed by atoms with van der Waals surface area (Å²) in [5.41, 5.74) is 1.46. The normalized spacial score (nSPS) is 18.1. The molecule has 2 aromatic heterocycles. The molecule has 5 heteroatoms. The zero-order chi connectivity index (χ0) is 12.8. The average molecular weight is 246 g/mol. The maximum absolute atomic E-state index is 10.2. The van der Waals surface area contributed by atoms with Gasteiger partial charge in [-0.1, -0.05) is 13.3 Å². The Hall–Kier alpha value is -1.62. The lowest BCUT2D eigenvalue weighted by Gasteiger charge is -2.47. The van der Waals surface area contributed by atoms with E-state index in [0.29, 0.717) is 13.1 Å². The summed E-state index contributed by atoms with van der Waals surface area (Å²) in [7, 11) is 0. The van der Waals surface area contributed by atoms with Gasteiger partial charge in [0, 0.05) is 12.4 Å². The van der Waals surface area contributed by atoms with Crippen LogP contribution in [0.4, 0.5) is 5.82 Å². The number of fused-ring (bicyclic) bond motifs is 1. The zero-order valence-corrected chi connectivity index (χ0v) is 10.8. The quantitative estimate of drug-likeness (QED) is 0.889. The Bertz CT molecular complexity index is 571. The molecule has 0 aliphatic carbocycles. The highest BCUT2D eigenvalue weighted by Crippen LogP contribution is 2.31. The molecule has 18 heavy (non-hydrogen) atoms. The van der Waals surface area contributed by atoms with E-state index in [1.165, 1.54) is 0 Å². The molecule has 1 aliphatic rings. The van der Waals surface area contributed by atoms with Crippen LogP contribution in [0.1, 0.15) is 25.5 Å². The van der Waals surface area contributed by atoms with Gasteiger partial charge in [-0.3, -0.25) is 0 Å². The van der Waals surface area contributed by atoms with Gasteiger partial charge in [0.15, 0.2) is 5.82 Å². The second kappa shape index (κ2) is 3.95. The minimum Gasteiger partial charge on any atom is -0.386 e. The first-order chi connectivity index (χ1) is 8.61. The Labute approximate surface area is 106 Å². The van der Waals surface area contributed by atoms with E-state index in [2.05, 4.69) is 21.9 Å². The van der Waals surface area contributed by atoms with E-state index in [1.807, 2.05) is 23.7 Å². The fourth-order valence-electron chi connectivity index (χ4n) is 2.71. The van der Waals surface area contributed by atoms with Crippen molar-refractivity contribution in [1.82, 2.24) is 14.6 Å². The molecular formula is C13H18N4O. The van der Waals surface area contributed by atoms with Crippen LogP contribution in [0.5, 0.6) is 0 Å². The van der Waals surface area contributed by atoms with Crippen molar-refractivity contribution < 1.29 is 5.11 Å². The fourth-order valence-corrected chi connectivity index (χ4v) is 2.71. The highest BCUT2D eigenvalue weighted by molar-refractivity contribution is 5.70. The summed E-state index contributed by atoms with van der Waals surface area (Å²) < 4.78 is 1.84. The molecule has 0 aromatic carbocycles. The van der Waals surface area contributed by atoms with Crippen LogP contribution in [0.15, 0.2) is 18.5 Å². The number of aryl methyl sites for hydroxylation is 1. The molecule has 2 aromatic rings. The predicted molar refractivity (Wildman–Crippen MR) is 69.8 cm³/mol. The third-order valence-corrected chi connectivity index (χ3v) is 3.48. The van der Waals surface area contributed by atoms with E-state index in [4.69, 9.17) is 0 Å². The van der Waals surface area contributed by atoms with Gasteiger partial charge >= 0.3 is 0 Å². The summed E-state index contributed by atoms with van der Waals surface area (Å²) in [4.78, 5) is 6.54. The first-order valence-electron chi connectivity index (χ1n) is 6.40. The number of aromatic nitrogens is 3. The van der Waals surface area contributed by atoms with Crippen LogP contribution >= 0.6 is 0 Å². The molecule has 1 N–H and O–H groups in total. The molecule has 0 unspecified atom stereocenters. The van der Waals surface area contributed by atoms with E-state index in [9.17, 15) is 5.11 Å². The van der Waals surface area contributed by atoms with E-state index >= 15 is 0 Å². The van der Waals surface area contributed by atoms with Crippen LogP contribution in [0.3, 0.4) is 0 Å². The Morgan fingerprint density at radius 1 is 1.44 bits per heavy atom. The van der Waals surface area contributed by atoms with Crippen LogP contribution in [0.2, 0.25) is 0 Å². The summed E-state index contributed by atoms with van der Waals surface area (Å²) in [6.07, 6.45) is 5.47. The summed E-state index contributed by atoms with van der Waals surface area (Å²) in [6.45, 7) is 5.40. The van der Waals surface area contributed by atoms with Crippen LogP contribution in [-0.4, -0.2) is 38.4 Å². The van der Waals surface area contributed by atoms with Gasteiger partial charge in [-0.25, -0.2) is 9.50 Å².